The number of aromatic nitrogens is 2. The van der Waals surface area contributed by atoms with Crippen molar-refractivity contribution in [3.05, 3.63) is 48.5 Å². The van der Waals surface area contributed by atoms with Crippen molar-refractivity contribution >= 4 is 0 Å². The SMILES string of the molecule is CC[C@@H](N)c1ccc(OCCCn2ccnc2)cc1. The zero-order valence-corrected chi connectivity index (χ0v) is 11.3. The molecule has 102 valence electrons. The quantitative estimate of drug-likeness (QED) is 0.778. The number of rotatable bonds is 7. The van der Waals surface area contributed by atoms with Crippen LogP contribution in [0.2, 0.25) is 0 Å². The largest absolute Gasteiger partial charge is 0.494 e. The maximum absolute atomic E-state index is 5.97. The maximum atomic E-state index is 5.97. The van der Waals surface area contributed by atoms with E-state index in [2.05, 4.69) is 11.9 Å². The monoisotopic (exact) mass is 259 g/mol. The summed E-state index contributed by atoms with van der Waals surface area (Å²) in [5.74, 6) is 0.901. The Balaban J connectivity index is 1.74. The van der Waals surface area contributed by atoms with Gasteiger partial charge in [-0.25, -0.2) is 4.98 Å². The maximum Gasteiger partial charge on any atom is 0.119 e. The summed E-state index contributed by atoms with van der Waals surface area (Å²) in [5, 5.41) is 0. The summed E-state index contributed by atoms with van der Waals surface area (Å²) in [6.07, 6.45) is 7.48. The van der Waals surface area contributed by atoms with E-state index in [1.165, 1.54) is 0 Å². The average Bonchev–Trinajstić information content (AvgIpc) is 2.96. The lowest BCUT2D eigenvalue weighted by atomic mass is 10.1. The molecule has 2 aromatic rings. The van der Waals surface area contributed by atoms with Gasteiger partial charge in [-0.1, -0.05) is 19.1 Å². The van der Waals surface area contributed by atoms with Gasteiger partial charge in [0.2, 0.25) is 0 Å². The van der Waals surface area contributed by atoms with Gasteiger partial charge in [0, 0.05) is 25.0 Å². The minimum absolute atomic E-state index is 0.121. The molecule has 1 aromatic heterocycles. The normalized spacial score (nSPS) is 12.3. The van der Waals surface area contributed by atoms with Crippen LogP contribution >= 0.6 is 0 Å². The molecule has 2 rings (SSSR count). The minimum Gasteiger partial charge on any atom is -0.494 e. The lowest BCUT2D eigenvalue weighted by molar-refractivity contribution is 0.301. The Kier molecular flexibility index (Phi) is 4.98. The lowest BCUT2D eigenvalue weighted by Crippen LogP contribution is -2.08. The topological polar surface area (TPSA) is 53.1 Å². The smallest absolute Gasteiger partial charge is 0.119 e. The van der Waals surface area contributed by atoms with E-state index in [0.717, 1.165) is 30.7 Å². The number of benzene rings is 1. The van der Waals surface area contributed by atoms with Crippen LogP contribution in [0.4, 0.5) is 0 Å². The summed E-state index contributed by atoms with van der Waals surface area (Å²) in [4.78, 5) is 4.00. The molecule has 1 atom stereocenters. The third-order valence-electron chi connectivity index (χ3n) is 3.14. The third-order valence-corrected chi connectivity index (χ3v) is 3.14. The first-order chi connectivity index (χ1) is 9.29. The van der Waals surface area contributed by atoms with E-state index >= 15 is 0 Å². The molecule has 0 saturated heterocycles. The molecule has 0 saturated carbocycles. The van der Waals surface area contributed by atoms with Gasteiger partial charge < -0.3 is 15.0 Å². The molecule has 0 unspecified atom stereocenters. The van der Waals surface area contributed by atoms with Crippen LogP contribution in [0.1, 0.15) is 31.4 Å². The van der Waals surface area contributed by atoms with Crippen LogP contribution in [0.25, 0.3) is 0 Å². The molecule has 4 nitrogen and oxygen atoms in total. The lowest BCUT2D eigenvalue weighted by Gasteiger charge is -2.11. The van der Waals surface area contributed by atoms with Crippen molar-refractivity contribution < 1.29 is 4.74 Å². The fourth-order valence-electron chi connectivity index (χ4n) is 1.90. The summed E-state index contributed by atoms with van der Waals surface area (Å²) in [6, 6.07) is 8.18. The van der Waals surface area contributed by atoms with Crippen LogP contribution < -0.4 is 10.5 Å². The van der Waals surface area contributed by atoms with Crippen molar-refractivity contribution in [2.75, 3.05) is 6.61 Å². The van der Waals surface area contributed by atoms with E-state index < -0.39 is 0 Å². The highest BCUT2D eigenvalue weighted by Crippen LogP contribution is 2.18. The van der Waals surface area contributed by atoms with E-state index in [1.54, 1.807) is 6.20 Å². The molecule has 0 fully saturated rings. The minimum atomic E-state index is 0.121. The predicted octanol–water partition coefficient (Wildman–Crippen LogP) is 2.76. The van der Waals surface area contributed by atoms with Gasteiger partial charge in [-0.3, -0.25) is 0 Å². The average molecular weight is 259 g/mol. The first-order valence-electron chi connectivity index (χ1n) is 6.73. The second kappa shape index (κ2) is 6.95. The molecule has 0 aliphatic heterocycles. The molecule has 0 bridgehead atoms. The van der Waals surface area contributed by atoms with Crippen LogP contribution in [0.3, 0.4) is 0 Å². The van der Waals surface area contributed by atoms with E-state index in [0.29, 0.717) is 6.61 Å². The Bertz CT molecular complexity index is 465. The van der Waals surface area contributed by atoms with Crippen molar-refractivity contribution in [1.29, 1.82) is 0 Å². The summed E-state index contributed by atoms with van der Waals surface area (Å²) in [5.41, 5.74) is 7.13. The Labute approximate surface area is 114 Å². The molecule has 2 N–H and O–H groups in total. The van der Waals surface area contributed by atoms with Crippen molar-refractivity contribution in [1.82, 2.24) is 9.55 Å². The Hall–Kier alpha value is -1.81. The van der Waals surface area contributed by atoms with Gasteiger partial charge in [0.05, 0.1) is 12.9 Å². The summed E-state index contributed by atoms with van der Waals surface area (Å²) >= 11 is 0. The zero-order chi connectivity index (χ0) is 13.5. The molecular formula is C15H21N3O. The van der Waals surface area contributed by atoms with Gasteiger partial charge in [0.15, 0.2) is 0 Å². The molecule has 19 heavy (non-hydrogen) atoms. The highest BCUT2D eigenvalue weighted by molar-refractivity contribution is 5.28. The van der Waals surface area contributed by atoms with Gasteiger partial charge in [-0.05, 0) is 30.5 Å². The fourth-order valence-corrected chi connectivity index (χ4v) is 1.90. The number of nitrogens with zero attached hydrogens (tertiary/aromatic N) is 2. The van der Waals surface area contributed by atoms with Crippen LogP contribution in [-0.2, 0) is 6.54 Å². The molecule has 0 spiro atoms. The molecule has 0 aliphatic carbocycles. The third kappa shape index (κ3) is 4.10. The molecular weight excluding hydrogens is 238 g/mol. The van der Waals surface area contributed by atoms with Crippen molar-refractivity contribution in [2.24, 2.45) is 5.73 Å². The Morgan fingerprint density at radius 1 is 1.32 bits per heavy atom. The number of nitrogens with two attached hydrogens (primary N) is 1. The van der Waals surface area contributed by atoms with E-state index in [-0.39, 0.29) is 6.04 Å². The highest BCUT2D eigenvalue weighted by atomic mass is 16.5. The fraction of sp³-hybridized carbons (Fsp3) is 0.400. The predicted molar refractivity (Wildman–Crippen MR) is 76.0 cm³/mol. The van der Waals surface area contributed by atoms with Gasteiger partial charge in [-0.15, -0.1) is 0 Å². The van der Waals surface area contributed by atoms with Crippen LogP contribution in [-0.4, -0.2) is 16.2 Å². The van der Waals surface area contributed by atoms with Gasteiger partial charge in [0.25, 0.3) is 0 Å². The van der Waals surface area contributed by atoms with Crippen LogP contribution in [0, 0.1) is 0 Å². The first kappa shape index (κ1) is 13.6. The number of ether oxygens (including phenoxy) is 1. The van der Waals surface area contributed by atoms with Crippen molar-refractivity contribution in [3.8, 4) is 5.75 Å². The first-order valence-corrected chi connectivity index (χ1v) is 6.73. The van der Waals surface area contributed by atoms with Gasteiger partial charge in [-0.2, -0.15) is 0 Å². The highest BCUT2D eigenvalue weighted by Gasteiger charge is 2.02. The van der Waals surface area contributed by atoms with E-state index in [4.69, 9.17) is 10.5 Å². The zero-order valence-electron chi connectivity index (χ0n) is 11.3. The van der Waals surface area contributed by atoms with Gasteiger partial charge >= 0.3 is 0 Å². The van der Waals surface area contributed by atoms with Crippen molar-refractivity contribution in [2.45, 2.75) is 32.4 Å². The molecule has 4 heteroatoms. The Morgan fingerprint density at radius 3 is 2.74 bits per heavy atom. The molecule has 1 heterocycles. The molecule has 0 radical (unpaired) electrons. The summed E-state index contributed by atoms with van der Waals surface area (Å²) in [7, 11) is 0. The standard InChI is InChI=1S/C15H21N3O/c1-2-15(16)13-4-6-14(7-5-13)19-11-3-9-18-10-8-17-12-18/h4-8,10,12,15H,2-3,9,11,16H2,1H3/t15-/m1/s1. The van der Waals surface area contributed by atoms with E-state index in [9.17, 15) is 0 Å². The van der Waals surface area contributed by atoms with Crippen LogP contribution in [0.5, 0.6) is 5.75 Å². The molecule has 0 amide bonds. The number of aryl methyl sites for hydroxylation is 1. The van der Waals surface area contributed by atoms with Crippen LogP contribution in [0.15, 0.2) is 43.0 Å². The van der Waals surface area contributed by atoms with Crippen molar-refractivity contribution in [3.63, 3.8) is 0 Å². The summed E-state index contributed by atoms with van der Waals surface area (Å²) in [6.45, 7) is 3.72. The second-order valence-electron chi connectivity index (χ2n) is 4.59. The number of hydrogen-bond donors (Lipinski definition) is 1. The number of imidazole rings is 1. The number of hydrogen-bond acceptors (Lipinski definition) is 3. The van der Waals surface area contributed by atoms with Gasteiger partial charge in [0.1, 0.15) is 5.75 Å². The summed E-state index contributed by atoms with van der Waals surface area (Å²) < 4.78 is 7.75. The molecule has 1 aromatic carbocycles. The van der Waals surface area contributed by atoms with E-state index in [1.807, 2.05) is 41.4 Å². The Morgan fingerprint density at radius 2 is 2.11 bits per heavy atom. The second-order valence-corrected chi connectivity index (χ2v) is 4.59. The molecule has 0 aliphatic rings.